The Morgan fingerprint density at radius 2 is 2.06 bits per heavy atom. The van der Waals surface area contributed by atoms with Gasteiger partial charge < -0.3 is 5.32 Å². The molecule has 18 heavy (non-hydrogen) atoms. The van der Waals surface area contributed by atoms with E-state index in [0.29, 0.717) is 6.04 Å². The summed E-state index contributed by atoms with van der Waals surface area (Å²) in [7, 11) is 1.94. The monoisotopic (exact) mass is 269 g/mol. The zero-order valence-corrected chi connectivity index (χ0v) is 12.0. The van der Waals surface area contributed by atoms with Gasteiger partial charge in [0.15, 0.2) is 0 Å². The minimum atomic E-state index is 0. The molecule has 0 bridgehead atoms. The average Bonchev–Trinajstić information content (AvgIpc) is 2.85. The molecular formula is C12H20ClN5. The SMILES string of the molecule is Cc1cnn(C)c1NCc1ccnn1C(C)C.Cl. The number of rotatable bonds is 4. The highest BCUT2D eigenvalue weighted by Gasteiger charge is 2.08. The second-order valence-electron chi connectivity index (χ2n) is 4.51. The maximum absolute atomic E-state index is 4.31. The van der Waals surface area contributed by atoms with Crippen LogP contribution in [0, 0.1) is 6.92 Å². The third kappa shape index (κ3) is 2.85. The van der Waals surface area contributed by atoms with E-state index in [1.54, 1.807) is 0 Å². The van der Waals surface area contributed by atoms with Crippen LogP contribution in [0.3, 0.4) is 0 Å². The molecule has 2 aromatic rings. The van der Waals surface area contributed by atoms with Crippen molar-refractivity contribution in [3.63, 3.8) is 0 Å². The van der Waals surface area contributed by atoms with Crippen LogP contribution in [0.5, 0.6) is 0 Å². The van der Waals surface area contributed by atoms with E-state index < -0.39 is 0 Å². The first-order valence-electron chi connectivity index (χ1n) is 5.84. The quantitative estimate of drug-likeness (QED) is 0.928. The molecule has 0 saturated heterocycles. The normalized spacial score (nSPS) is 10.5. The number of aryl methyl sites for hydroxylation is 2. The van der Waals surface area contributed by atoms with Crippen LogP contribution in [0.4, 0.5) is 5.82 Å². The topological polar surface area (TPSA) is 47.7 Å². The molecule has 6 heteroatoms. The molecule has 0 amide bonds. The van der Waals surface area contributed by atoms with Crippen LogP contribution in [0.1, 0.15) is 31.1 Å². The summed E-state index contributed by atoms with van der Waals surface area (Å²) in [5, 5.41) is 11.9. The predicted octanol–water partition coefficient (Wildman–Crippen LogP) is 2.54. The van der Waals surface area contributed by atoms with Gasteiger partial charge in [0.2, 0.25) is 0 Å². The Labute approximate surface area is 114 Å². The van der Waals surface area contributed by atoms with E-state index >= 15 is 0 Å². The van der Waals surface area contributed by atoms with Gasteiger partial charge in [-0.25, -0.2) is 0 Å². The summed E-state index contributed by atoms with van der Waals surface area (Å²) >= 11 is 0. The zero-order valence-electron chi connectivity index (χ0n) is 11.2. The van der Waals surface area contributed by atoms with Crippen molar-refractivity contribution in [2.45, 2.75) is 33.4 Å². The number of nitrogens with one attached hydrogen (secondary N) is 1. The molecule has 0 radical (unpaired) electrons. The smallest absolute Gasteiger partial charge is 0.127 e. The summed E-state index contributed by atoms with van der Waals surface area (Å²) in [6, 6.07) is 2.42. The molecular weight excluding hydrogens is 250 g/mol. The maximum Gasteiger partial charge on any atom is 0.127 e. The van der Waals surface area contributed by atoms with Gasteiger partial charge in [-0.05, 0) is 26.8 Å². The molecule has 0 aliphatic heterocycles. The molecule has 0 aromatic carbocycles. The predicted molar refractivity (Wildman–Crippen MR) is 75.1 cm³/mol. The molecule has 2 rings (SSSR count). The molecule has 0 aliphatic carbocycles. The highest BCUT2D eigenvalue weighted by Crippen LogP contribution is 2.14. The first-order valence-corrected chi connectivity index (χ1v) is 5.84. The van der Waals surface area contributed by atoms with Gasteiger partial charge in [0.1, 0.15) is 5.82 Å². The third-order valence-electron chi connectivity index (χ3n) is 2.80. The van der Waals surface area contributed by atoms with Crippen molar-refractivity contribution < 1.29 is 0 Å². The Morgan fingerprint density at radius 1 is 1.33 bits per heavy atom. The van der Waals surface area contributed by atoms with Crippen molar-refractivity contribution in [2.75, 3.05) is 5.32 Å². The highest BCUT2D eigenvalue weighted by atomic mass is 35.5. The van der Waals surface area contributed by atoms with Crippen molar-refractivity contribution in [1.82, 2.24) is 19.6 Å². The van der Waals surface area contributed by atoms with Gasteiger partial charge in [-0.15, -0.1) is 12.4 Å². The first-order chi connectivity index (χ1) is 8.09. The number of halogens is 1. The van der Waals surface area contributed by atoms with Crippen molar-refractivity contribution in [3.8, 4) is 0 Å². The van der Waals surface area contributed by atoms with E-state index in [4.69, 9.17) is 0 Å². The highest BCUT2D eigenvalue weighted by molar-refractivity contribution is 5.85. The molecule has 0 saturated carbocycles. The molecule has 0 unspecified atom stereocenters. The van der Waals surface area contributed by atoms with Gasteiger partial charge in [-0.3, -0.25) is 9.36 Å². The van der Waals surface area contributed by atoms with Crippen molar-refractivity contribution in [1.29, 1.82) is 0 Å². The molecule has 0 spiro atoms. The minimum absolute atomic E-state index is 0. The van der Waals surface area contributed by atoms with Gasteiger partial charge in [-0.1, -0.05) is 0 Å². The molecule has 5 nitrogen and oxygen atoms in total. The standard InChI is InChI=1S/C12H19N5.ClH/c1-9(2)17-11(5-6-14-17)8-13-12-10(3)7-15-16(12)4;/h5-7,9,13H,8H2,1-4H3;1H. The van der Waals surface area contributed by atoms with Crippen molar-refractivity contribution in [3.05, 3.63) is 29.7 Å². The molecule has 2 heterocycles. The van der Waals surface area contributed by atoms with Gasteiger partial charge in [-0.2, -0.15) is 10.2 Å². The van der Waals surface area contributed by atoms with Crippen molar-refractivity contribution in [2.24, 2.45) is 7.05 Å². The molecule has 1 N–H and O–H groups in total. The van der Waals surface area contributed by atoms with Crippen LogP contribution in [0.25, 0.3) is 0 Å². The summed E-state index contributed by atoms with van der Waals surface area (Å²) in [6.45, 7) is 7.07. The van der Waals surface area contributed by atoms with E-state index in [-0.39, 0.29) is 12.4 Å². The Balaban J connectivity index is 0.00000162. The second kappa shape index (κ2) is 5.91. The fourth-order valence-electron chi connectivity index (χ4n) is 1.92. The number of hydrogen-bond donors (Lipinski definition) is 1. The minimum Gasteiger partial charge on any atom is -0.364 e. The third-order valence-corrected chi connectivity index (χ3v) is 2.80. The van der Waals surface area contributed by atoms with Gasteiger partial charge >= 0.3 is 0 Å². The fraction of sp³-hybridized carbons (Fsp3) is 0.500. The Kier molecular flexibility index (Phi) is 4.78. The zero-order chi connectivity index (χ0) is 12.4. The summed E-state index contributed by atoms with van der Waals surface area (Å²) in [4.78, 5) is 0. The lowest BCUT2D eigenvalue weighted by molar-refractivity contribution is 0.512. The van der Waals surface area contributed by atoms with Crippen LogP contribution in [0.2, 0.25) is 0 Å². The number of aromatic nitrogens is 4. The van der Waals surface area contributed by atoms with Gasteiger partial charge in [0.25, 0.3) is 0 Å². The lowest BCUT2D eigenvalue weighted by atomic mass is 10.3. The van der Waals surface area contributed by atoms with Crippen LogP contribution in [-0.4, -0.2) is 19.6 Å². The number of anilines is 1. The summed E-state index contributed by atoms with van der Waals surface area (Å²) in [5.41, 5.74) is 2.34. The number of nitrogens with zero attached hydrogens (tertiary/aromatic N) is 4. The van der Waals surface area contributed by atoms with Crippen LogP contribution < -0.4 is 5.32 Å². The largest absolute Gasteiger partial charge is 0.364 e. The molecule has 0 fully saturated rings. The van der Waals surface area contributed by atoms with E-state index in [0.717, 1.165) is 17.9 Å². The lowest BCUT2D eigenvalue weighted by Crippen LogP contribution is -2.12. The maximum atomic E-state index is 4.31. The molecule has 0 atom stereocenters. The van der Waals surface area contributed by atoms with Crippen LogP contribution >= 0.6 is 12.4 Å². The molecule has 0 aliphatic rings. The lowest BCUT2D eigenvalue weighted by Gasteiger charge is -2.12. The van der Waals surface area contributed by atoms with Crippen molar-refractivity contribution >= 4 is 18.2 Å². The Bertz CT molecular complexity index is 481. The second-order valence-corrected chi connectivity index (χ2v) is 4.51. The molecule has 2 aromatic heterocycles. The summed E-state index contributed by atoms with van der Waals surface area (Å²) in [5.74, 6) is 1.06. The molecule has 100 valence electrons. The van der Waals surface area contributed by atoms with E-state index in [2.05, 4.69) is 36.3 Å². The van der Waals surface area contributed by atoms with E-state index in [9.17, 15) is 0 Å². The fourth-order valence-corrected chi connectivity index (χ4v) is 1.92. The first kappa shape index (κ1) is 14.6. The van der Waals surface area contributed by atoms with Gasteiger partial charge in [0, 0.05) is 24.8 Å². The van der Waals surface area contributed by atoms with E-state index in [1.165, 1.54) is 5.69 Å². The summed E-state index contributed by atoms with van der Waals surface area (Å²) < 4.78 is 3.88. The Morgan fingerprint density at radius 3 is 2.61 bits per heavy atom. The van der Waals surface area contributed by atoms with Gasteiger partial charge in [0.05, 0.1) is 18.4 Å². The van der Waals surface area contributed by atoms with E-state index in [1.807, 2.05) is 34.9 Å². The van der Waals surface area contributed by atoms with Crippen LogP contribution in [-0.2, 0) is 13.6 Å². The van der Waals surface area contributed by atoms with Crippen LogP contribution in [0.15, 0.2) is 18.5 Å². The Hall–Kier alpha value is -1.49. The average molecular weight is 270 g/mol. The summed E-state index contributed by atoms with van der Waals surface area (Å²) in [6.07, 6.45) is 3.70. The number of hydrogen-bond acceptors (Lipinski definition) is 3.